The van der Waals surface area contributed by atoms with Crippen molar-refractivity contribution in [1.82, 2.24) is 20.7 Å². The smallest absolute Gasteiger partial charge is 0.241 e. The summed E-state index contributed by atoms with van der Waals surface area (Å²) in [7, 11) is 3.03. The lowest BCUT2D eigenvalue weighted by atomic mass is 9.95. The third kappa shape index (κ3) is 5.21. The number of methoxy groups -OCH3 is 2. The number of pyridine rings is 1. The van der Waals surface area contributed by atoms with Gasteiger partial charge in [0.05, 0.1) is 30.8 Å². The van der Waals surface area contributed by atoms with E-state index in [1.54, 1.807) is 29.4 Å². The Kier molecular flexibility index (Phi) is 7.32. The largest absolute Gasteiger partial charge is 0.495 e. The van der Waals surface area contributed by atoms with Gasteiger partial charge in [-0.05, 0) is 37.0 Å². The quantitative estimate of drug-likeness (QED) is 0.592. The number of hydrazine groups is 1. The molecule has 2 aliphatic heterocycles. The van der Waals surface area contributed by atoms with E-state index in [0.717, 1.165) is 12.0 Å². The molecule has 176 valence electrons. The van der Waals surface area contributed by atoms with Gasteiger partial charge in [0.25, 0.3) is 0 Å². The summed E-state index contributed by atoms with van der Waals surface area (Å²) in [5.74, 6) is 0.422. The molecule has 2 aromatic rings. The Labute approximate surface area is 197 Å². The number of aromatic nitrogens is 1. The number of hydrogen-bond acceptors (Lipinski definition) is 7. The fourth-order valence-electron chi connectivity index (χ4n) is 4.32. The highest BCUT2D eigenvalue weighted by Crippen LogP contribution is 2.36. The number of carbonyl (C=O) groups is 2. The molecule has 4 rings (SSSR count). The van der Waals surface area contributed by atoms with Crippen molar-refractivity contribution in [2.45, 2.75) is 31.3 Å². The van der Waals surface area contributed by atoms with Crippen LogP contribution in [0.4, 0.5) is 5.69 Å². The maximum absolute atomic E-state index is 13.1. The predicted molar refractivity (Wildman–Crippen MR) is 124 cm³/mol. The summed E-state index contributed by atoms with van der Waals surface area (Å²) in [5.41, 5.74) is 7.79. The number of hydrogen-bond donors (Lipinski definition) is 3. The topological polar surface area (TPSA) is 105 Å². The molecule has 3 N–H and O–H groups in total. The predicted octanol–water partition coefficient (Wildman–Crippen LogP) is 2.54. The van der Waals surface area contributed by atoms with Crippen molar-refractivity contribution in [2.75, 3.05) is 32.6 Å². The number of carbonyl (C=O) groups excluding carboxylic acids is 2. The Hall–Kier alpha value is -2.88. The van der Waals surface area contributed by atoms with Crippen LogP contribution in [0, 0.1) is 5.92 Å². The normalized spacial score (nSPS) is 22.6. The molecule has 0 saturated carbocycles. The van der Waals surface area contributed by atoms with E-state index in [1.165, 1.54) is 14.2 Å². The van der Waals surface area contributed by atoms with Crippen LogP contribution in [0.25, 0.3) is 0 Å². The summed E-state index contributed by atoms with van der Waals surface area (Å²) in [5, 5.41) is 3.28. The standard InChI is InChI=1S/C23H28ClN5O4/c1-32-20-11-21(33-2)18(9-16(20)24)26-22(30)15-6-4-8-29(13-15)23(31)19-10-17(27-28-19)14-5-3-7-25-12-14/h3,5,7,9,11-12,15,17,19,27-28H,4,6,8,10,13H2,1-2H3,(H,26,30). The van der Waals surface area contributed by atoms with Crippen LogP contribution in [-0.2, 0) is 9.59 Å². The summed E-state index contributed by atoms with van der Waals surface area (Å²) in [6, 6.07) is 6.77. The molecule has 3 heterocycles. The molecule has 0 aliphatic carbocycles. The van der Waals surface area contributed by atoms with Crippen LogP contribution >= 0.6 is 11.6 Å². The van der Waals surface area contributed by atoms with E-state index in [0.29, 0.717) is 48.1 Å². The lowest BCUT2D eigenvalue weighted by Gasteiger charge is -2.33. The van der Waals surface area contributed by atoms with Crippen LogP contribution < -0.4 is 25.6 Å². The zero-order chi connectivity index (χ0) is 23.4. The van der Waals surface area contributed by atoms with E-state index in [4.69, 9.17) is 21.1 Å². The van der Waals surface area contributed by atoms with Gasteiger partial charge in [0.1, 0.15) is 17.5 Å². The Balaban J connectivity index is 1.38. The van der Waals surface area contributed by atoms with Gasteiger partial charge in [-0.3, -0.25) is 14.6 Å². The third-order valence-electron chi connectivity index (χ3n) is 6.12. The summed E-state index contributed by atoms with van der Waals surface area (Å²) >= 11 is 6.22. The van der Waals surface area contributed by atoms with E-state index < -0.39 is 0 Å². The van der Waals surface area contributed by atoms with Gasteiger partial charge in [0, 0.05) is 37.6 Å². The number of rotatable bonds is 6. The molecule has 2 saturated heterocycles. The lowest BCUT2D eigenvalue weighted by molar-refractivity contribution is -0.136. The zero-order valence-electron chi connectivity index (χ0n) is 18.6. The van der Waals surface area contributed by atoms with Crippen molar-refractivity contribution in [1.29, 1.82) is 0 Å². The Morgan fingerprint density at radius 3 is 2.76 bits per heavy atom. The minimum atomic E-state index is -0.350. The molecule has 1 aromatic heterocycles. The summed E-state index contributed by atoms with van der Waals surface area (Å²) in [4.78, 5) is 32.1. The summed E-state index contributed by atoms with van der Waals surface area (Å²) in [6.45, 7) is 1.00. The van der Waals surface area contributed by atoms with Gasteiger partial charge in [-0.15, -0.1) is 0 Å². The van der Waals surface area contributed by atoms with Gasteiger partial charge in [-0.25, -0.2) is 10.9 Å². The van der Waals surface area contributed by atoms with Gasteiger partial charge < -0.3 is 19.7 Å². The van der Waals surface area contributed by atoms with Gasteiger partial charge in [0.15, 0.2) is 0 Å². The molecule has 9 nitrogen and oxygen atoms in total. The molecule has 2 amide bonds. The van der Waals surface area contributed by atoms with Gasteiger partial charge in [-0.2, -0.15) is 0 Å². The van der Waals surface area contributed by atoms with Crippen molar-refractivity contribution in [3.05, 3.63) is 47.2 Å². The van der Waals surface area contributed by atoms with Crippen molar-refractivity contribution >= 4 is 29.1 Å². The number of ether oxygens (including phenoxy) is 2. The first-order chi connectivity index (χ1) is 16.0. The monoisotopic (exact) mass is 473 g/mol. The minimum Gasteiger partial charge on any atom is -0.495 e. The molecular weight excluding hydrogens is 446 g/mol. The number of amides is 2. The Morgan fingerprint density at radius 2 is 2.03 bits per heavy atom. The summed E-state index contributed by atoms with van der Waals surface area (Å²) < 4.78 is 10.6. The molecule has 3 atom stereocenters. The van der Waals surface area contributed by atoms with Gasteiger partial charge >= 0.3 is 0 Å². The lowest BCUT2D eigenvalue weighted by Crippen LogP contribution is -2.50. The Bertz CT molecular complexity index is 1010. The van der Waals surface area contributed by atoms with Gasteiger partial charge in [0.2, 0.25) is 11.8 Å². The van der Waals surface area contributed by atoms with E-state index in [2.05, 4.69) is 21.2 Å². The average molecular weight is 474 g/mol. The van der Waals surface area contributed by atoms with Crippen LogP contribution in [0.2, 0.25) is 5.02 Å². The molecule has 3 unspecified atom stereocenters. The second-order valence-corrected chi connectivity index (χ2v) is 8.62. The van der Waals surface area contributed by atoms with Crippen LogP contribution in [0.1, 0.15) is 30.9 Å². The number of anilines is 1. The first-order valence-corrected chi connectivity index (χ1v) is 11.3. The van der Waals surface area contributed by atoms with E-state index in [1.807, 2.05) is 12.1 Å². The fraction of sp³-hybridized carbons (Fsp3) is 0.435. The Morgan fingerprint density at radius 1 is 1.21 bits per heavy atom. The number of benzene rings is 1. The molecule has 0 spiro atoms. The highest BCUT2D eigenvalue weighted by atomic mass is 35.5. The molecule has 33 heavy (non-hydrogen) atoms. The highest BCUT2D eigenvalue weighted by Gasteiger charge is 2.36. The molecule has 1 aromatic carbocycles. The van der Waals surface area contributed by atoms with Crippen LogP contribution in [0.3, 0.4) is 0 Å². The van der Waals surface area contributed by atoms with Crippen molar-refractivity contribution in [2.24, 2.45) is 5.92 Å². The number of nitrogens with one attached hydrogen (secondary N) is 3. The molecule has 2 aliphatic rings. The van der Waals surface area contributed by atoms with Crippen LogP contribution in [0.5, 0.6) is 11.5 Å². The second kappa shape index (κ2) is 10.4. The van der Waals surface area contributed by atoms with Crippen LogP contribution in [-0.4, -0.2) is 55.0 Å². The van der Waals surface area contributed by atoms with E-state index >= 15 is 0 Å². The second-order valence-electron chi connectivity index (χ2n) is 8.22. The molecule has 0 radical (unpaired) electrons. The maximum atomic E-state index is 13.1. The highest BCUT2D eigenvalue weighted by molar-refractivity contribution is 6.32. The van der Waals surface area contributed by atoms with Crippen molar-refractivity contribution in [3.63, 3.8) is 0 Å². The summed E-state index contributed by atoms with van der Waals surface area (Å²) in [6.07, 6.45) is 5.61. The van der Waals surface area contributed by atoms with Gasteiger partial charge in [-0.1, -0.05) is 17.7 Å². The minimum absolute atomic E-state index is 0.00328. The van der Waals surface area contributed by atoms with E-state index in [9.17, 15) is 9.59 Å². The average Bonchev–Trinajstić information content (AvgIpc) is 3.35. The fourth-order valence-corrected chi connectivity index (χ4v) is 4.56. The molecule has 0 bridgehead atoms. The molecule has 10 heteroatoms. The molecular formula is C23H28ClN5O4. The maximum Gasteiger partial charge on any atom is 0.241 e. The first-order valence-electron chi connectivity index (χ1n) is 10.9. The van der Waals surface area contributed by atoms with Crippen molar-refractivity contribution < 1.29 is 19.1 Å². The first kappa shape index (κ1) is 23.3. The van der Waals surface area contributed by atoms with E-state index in [-0.39, 0.29) is 29.8 Å². The number of nitrogens with zero attached hydrogens (tertiary/aromatic N) is 2. The zero-order valence-corrected chi connectivity index (χ0v) is 19.4. The van der Waals surface area contributed by atoms with Crippen molar-refractivity contribution in [3.8, 4) is 11.5 Å². The number of halogens is 1. The SMILES string of the molecule is COc1cc(OC)c(NC(=O)C2CCCN(C(=O)C3CC(c4cccnc4)NN3)C2)cc1Cl. The number of piperidine rings is 1. The number of likely N-dealkylation sites (tertiary alicyclic amines) is 1. The third-order valence-corrected chi connectivity index (χ3v) is 6.42. The van der Waals surface area contributed by atoms with Crippen LogP contribution in [0.15, 0.2) is 36.7 Å². The molecule has 2 fully saturated rings.